The van der Waals surface area contributed by atoms with Crippen molar-refractivity contribution >= 4 is 10.1 Å². The van der Waals surface area contributed by atoms with E-state index in [1.54, 1.807) is 12.1 Å². The van der Waals surface area contributed by atoms with Crippen LogP contribution in [-0.2, 0) is 21.0 Å². The maximum absolute atomic E-state index is 12.3. The quantitative estimate of drug-likeness (QED) is 0.463. The molecule has 0 aliphatic carbocycles. The number of aromatic nitrogens is 1. The molecule has 4 nitrogen and oxygen atoms in total. The molecule has 0 saturated carbocycles. The van der Waals surface area contributed by atoms with Crippen molar-refractivity contribution in [3.63, 3.8) is 0 Å². The molecular formula is C11H12FNO3S. The first-order chi connectivity index (χ1) is 8.01. The Labute approximate surface area is 100.0 Å². The van der Waals surface area contributed by atoms with Gasteiger partial charge in [0.1, 0.15) is 12.4 Å². The highest BCUT2D eigenvalue weighted by Gasteiger charge is 1.98. The summed E-state index contributed by atoms with van der Waals surface area (Å²) in [6.45, 7) is -0.553. The van der Waals surface area contributed by atoms with Crippen LogP contribution in [0.2, 0.25) is 0 Å². The normalized spacial score (nSPS) is 10.7. The van der Waals surface area contributed by atoms with E-state index in [9.17, 15) is 12.8 Å². The zero-order valence-electron chi connectivity index (χ0n) is 9.31. The van der Waals surface area contributed by atoms with Crippen LogP contribution in [0, 0.1) is 11.8 Å². The van der Waals surface area contributed by atoms with Gasteiger partial charge in [0.15, 0.2) is 0 Å². The predicted molar refractivity (Wildman–Crippen MR) is 61.3 cm³/mol. The van der Waals surface area contributed by atoms with E-state index in [1.807, 2.05) is 0 Å². The molecule has 0 amide bonds. The molecule has 0 radical (unpaired) electrons. The van der Waals surface area contributed by atoms with Crippen molar-refractivity contribution in [2.24, 2.45) is 0 Å². The van der Waals surface area contributed by atoms with Crippen molar-refractivity contribution in [1.29, 1.82) is 0 Å². The summed E-state index contributed by atoms with van der Waals surface area (Å²) in [6, 6.07) is 3.11. The first-order valence-electron chi connectivity index (χ1n) is 4.85. The van der Waals surface area contributed by atoms with Gasteiger partial charge in [0, 0.05) is 12.6 Å². The molecule has 0 aliphatic heterocycles. The zero-order valence-corrected chi connectivity index (χ0v) is 10.1. The summed E-state index contributed by atoms with van der Waals surface area (Å²) in [6.07, 6.45) is 2.73. The molecule has 0 spiro atoms. The maximum atomic E-state index is 12.3. The van der Waals surface area contributed by atoms with Gasteiger partial charge in [0.2, 0.25) is 0 Å². The van der Waals surface area contributed by atoms with Gasteiger partial charge in [-0.05, 0) is 23.6 Å². The lowest BCUT2D eigenvalue weighted by molar-refractivity contribution is 0.330. The third kappa shape index (κ3) is 6.00. The Balaban J connectivity index is 2.49. The van der Waals surface area contributed by atoms with Crippen molar-refractivity contribution < 1.29 is 17.0 Å². The second-order valence-electron chi connectivity index (χ2n) is 3.26. The Kier molecular flexibility index (Phi) is 5.07. The molecule has 0 unspecified atom stereocenters. The molecule has 0 atom stereocenters. The summed E-state index contributed by atoms with van der Waals surface area (Å²) in [7, 11) is -3.41. The van der Waals surface area contributed by atoms with E-state index in [1.165, 1.54) is 6.20 Å². The monoisotopic (exact) mass is 257 g/mol. The van der Waals surface area contributed by atoms with Crippen molar-refractivity contribution in [1.82, 2.24) is 4.98 Å². The van der Waals surface area contributed by atoms with Crippen LogP contribution >= 0.6 is 0 Å². The molecule has 92 valence electrons. The molecule has 1 aromatic heterocycles. The van der Waals surface area contributed by atoms with E-state index in [0.717, 1.165) is 6.26 Å². The van der Waals surface area contributed by atoms with Gasteiger partial charge in [-0.25, -0.2) is 9.37 Å². The van der Waals surface area contributed by atoms with Gasteiger partial charge in [-0.1, -0.05) is 5.92 Å². The van der Waals surface area contributed by atoms with Crippen molar-refractivity contribution in [2.75, 3.05) is 12.9 Å². The Morgan fingerprint density at radius 3 is 2.94 bits per heavy atom. The summed E-state index contributed by atoms with van der Waals surface area (Å²) in [4.78, 5) is 3.93. The minimum absolute atomic E-state index is 0.00857. The fourth-order valence-electron chi connectivity index (χ4n) is 1.02. The molecule has 0 aliphatic rings. The highest BCUT2D eigenvalue weighted by Crippen LogP contribution is 2.02. The lowest BCUT2D eigenvalue weighted by atomic mass is 10.2. The fourth-order valence-corrected chi connectivity index (χ4v) is 1.41. The van der Waals surface area contributed by atoms with Gasteiger partial charge in [-0.2, -0.15) is 8.42 Å². The molecule has 1 aromatic rings. The molecule has 0 bridgehead atoms. The molecular weight excluding hydrogens is 245 g/mol. The average molecular weight is 257 g/mol. The van der Waals surface area contributed by atoms with Gasteiger partial charge in [-0.15, -0.1) is 0 Å². The molecule has 0 fully saturated rings. The lowest BCUT2D eigenvalue weighted by Crippen LogP contribution is -2.03. The van der Waals surface area contributed by atoms with Crippen LogP contribution in [0.1, 0.15) is 17.7 Å². The molecule has 6 heteroatoms. The van der Waals surface area contributed by atoms with Crippen molar-refractivity contribution in [2.45, 2.75) is 13.1 Å². The number of pyridine rings is 1. The minimum atomic E-state index is -3.41. The second-order valence-corrected chi connectivity index (χ2v) is 4.90. The number of hydrogen-bond donors (Lipinski definition) is 0. The van der Waals surface area contributed by atoms with Crippen LogP contribution in [0.4, 0.5) is 4.39 Å². The lowest BCUT2D eigenvalue weighted by Gasteiger charge is -1.95. The van der Waals surface area contributed by atoms with Gasteiger partial charge >= 0.3 is 0 Å². The second kappa shape index (κ2) is 6.33. The SMILES string of the molecule is CS(=O)(=O)OCCC#Cc1cc(CF)ccn1. The van der Waals surface area contributed by atoms with E-state index in [2.05, 4.69) is 21.0 Å². The highest BCUT2D eigenvalue weighted by atomic mass is 32.2. The summed E-state index contributed by atoms with van der Waals surface area (Å²) >= 11 is 0. The molecule has 1 rings (SSSR count). The average Bonchev–Trinajstić information content (AvgIpc) is 2.27. The molecule has 17 heavy (non-hydrogen) atoms. The molecule has 1 heterocycles. The maximum Gasteiger partial charge on any atom is 0.264 e. The van der Waals surface area contributed by atoms with Crippen LogP contribution in [0.5, 0.6) is 0 Å². The predicted octanol–water partition coefficient (Wildman–Crippen LogP) is 1.27. The minimum Gasteiger partial charge on any atom is -0.269 e. The summed E-state index contributed by atoms with van der Waals surface area (Å²) in [5.41, 5.74) is 0.969. The smallest absolute Gasteiger partial charge is 0.264 e. The van der Waals surface area contributed by atoms with E-state index >= 15 is 0 Å². The summed E-state index contributed by atoms with van der Waals surface area (Å²) in [5, 5.41) is 0. The molecule has 0 aromatic carbocycles. The van der Waals surface area contributed by atoms with E-state index in [-0.39, 0.29) is 13.0 Å². The molecule has 0 saturated heterocycles. The third-order valence-corrected chi connectivity index (χ3v) is 2.31. The Bertz CT molecular complexity index is 531. The van der Waals surface area contributed by atoms with Crippen molar-refractivity contribution in [3.05, 3.63) is 29.6 Å². The van der Waals surface area contributed by atoms with Crippen molar-refractivity contribution in [3.8, 4) is 11.8 Å². The number of rotatable bonds is 4. The highest BCUT2D eigenvalue weighted by molar-refractivity contribution is 7.85. The van der Waals surface area contributed by atoms with E-state index < -0.39 is 16.8 Å². The van der Waals surface area contributed by atoms with Gasteiger partial charge < -0.3 is 0 Å². The number of hydrogen-bond acceptors (Lipinski definition) is 4. The van der Waals surface area contributed by atoms with Gasteiger partial charge in [0.05, 0.1) is 12.9 Å². The van der Waals surface area contributed by atoms with E-state index in [4.69, 9.17) is 0 Å². The zero-order chi connectivity index (χ0) is 12.7. The molecule has 0 N–H and O–H groups in total. The number of alkyl halides is 1. The standard InChI is InChI=1S/C11H12FNO3S/c1-17(14,15)16-7-3-2-4-11-8-10(9-12)5-6-13-11/h5-6,8H,3,7,9H2,1H3. The van der Waals surface area contributed by atoms with Crippen LogP contribution in [0.15, 0.2) is 18.3 Å². The topological polar surface area (TPSA) is 56.3 Å². The van der Waals surface area contributed by atoms with Crippen LogP contribution in [-0.4, -0.2) is 26.3 Å². The van der Waals surface area contributed by atoms with Crippen LogP contribution < -0.4 is 0 Å². The first-order valence-corrected chi connectivity index (χ1v) is 6.67. The third-order valence-electron chi connectivity index (χ3n) is 1.72. The summed E-state index contributed by atoms with van der Waals surface area (Å²) in [5.74, 6) is 5.40. The van der Waals surface area contributed by atoms with Crippen LogP contribution in [0.25, 0.3) is 0 Å². The Hall–Kier alpha value is -1.45. The summed E-state index contributed by atoms with van der Waals surface area (Å²) < 4.78 is 38.1. The number of nitrogens with zero attached hydrogens (tertiary/aromatic N) is 1. The van der Waals surface area contributed by atoms with Gasteiger partial charge in [0.25, 0.3) is 10.1 Å². The largest absolute Gasteiger partial charge is 0.269 e. The number of halogens is 1. The Morgan fingerprint density at radius 2 is 2.29 bits per heavy atom. The van der Waals surface area contributed by atoms with E-state index in [0.29, 0.717) is 11.3 Å². The van der Waals surface area contributed by atoms with Crippen LogP contribution in [0.3, 0.4) is 0 Å². The Morgan fingerprint density at radius 1 is 1.53 bits per heavy atom. The van der Waals surface area contributed by atoms with Gasteiger partial charge in [-0.3, -0.25) is 4.18 Å². The first kappa shape index (κ1) is 13.6. The fraction of sp³-hybridized carbons (Fsp3) is 0.364.